The van der Waals surface area contributed by atoms with Crippen LogP contribution in [0.5, 0.6) is 0 Å². The van der Waals surface area contributed by atoms with Gasteiger partial charge < -0.3 is 15.4 Å². The van der Waals surface area contributed by atoms with E-state index in [1.165, 1.54) is 0 Å². The van der Waals surface area contributed by atoms with Crippen molar-refractivity contribution in [2.75, 3.05) is 23.8 Å². The van der Waals surface area contributed by atoms with Gasteiger partial charge in [0.05, 0.1) is 0 Å². The number of anilines is 3. The number of rotatable bonds is 4. The zero-order valence-corrected chi connectivity index (χ0v) is 13.2. The summed E-state index contributed by atoms with van der Waals surface area (Å²) in [5, 5.41) is 14.7. The Hall–Kier alpha value is -2.18. The van der Waals surface area contributed by atoms with Crippen molar-refractivity contribution in [2.24, 2.45) is 5.92 Å². The number of ether oxygens (including phenoxy) is 1. The summed E-state index contributed by atoms with van der Waals surface area (Å²) in [5.74, 6) is 0.998. The molecule has 1 saturated heterocycles. The number of aromatic nitrogens is 2. The number of hydrogen-bond donors (Lipinski definition) is 2. The molecular weight excluding hydrogens is 316 g/mol. The van der Waals surface area contributed by atoms with Gasteiger partial charge in [-0.2, -0.15) is 0 Å². The monoisotopic (exact) mass is 332 g/mol. The molecule has 3 rings (SSSR count). The molecular formula is C16H17ClN4O2. The Morgan fingerprint density at radius 2 is 1.70 bits per heavy atom. The van der Waals surface area contributed by atoms with Crippen molar-refractivity contribution < 1.29 is 9.53 Å². The van der Waals surface area contributed by atoms with Crippen LogP contribution in [0.3, 0.4) is 0 Å². The lowest BCUT2D eigenvalue weighted by Crippen LogP contribution is -2.28. The van der Waals surface area contributed by atoms with Crippen molar-refractivity contribution in [3.63, 3.8) is 0 Å². The van der Waals surface area contributed by atoms with Crippen LogP contribution in [0.25, 0.3) is 0 Å². The summed E-state index contributed by atoms with van der Waals surface area (Å²) in [6, 6.07) is 10.8. The molecule has 0 saturated carbocycles. The molecule has 7 heteroatoms. The number of carbonyl (C=O) groups excluding carboxylic acids is 1. The quantitative estimate of drug-likeness (QED) is 0.899. The number of halogens is 1. The highest BCUT2D eigenvalue weighted by molar-refractivity contribution is 6.30. The van der Waals surface area contributed by atoms with Crippen molar-refractivity contribution in [1.82, 2.24) is 10.2 Å². The molecule has 0 bridgehead atoms. The van der Waals surface area contributed by atoms with Gasteiger partial charge in [-0.15, -0.1) is 10.2 Å². The van der Waals surface area contributed by atoms with Crippen LogP contribution in [0, 0.1) is 5.92 Å². The molecule has 2 N–H and O–H groups in total. The second-order valence-corrected chi connectivity index (χ2v) is 5.75. The maximum absolute atomic E-state index is 12.1. The number of benzene rings is 1. The number of hydrogen-bond acceptors (Lipinski definition) is 5. The first-order valence-corrected chi connectivity index (χ1v) is 7.83. The Kier molecular flexibility index (Phi) is 5.05. The third kappa shape index (κ3) is 4.40. The summed E-state index contributed by atoms with van der Waals surface area (Å²) < 4.78 is 5.26. The van der Waals surface area contributed by atoms with Crippen LogP contribution in [0.1, 0.15) is 12.8 Å². The molecule has 0 radical (unpaired) electrons. The van der Waals surface area contributed by atoms with E-state index in [0.29, 0.717) is 29.9 Å². The van der Waals surface area contributed by atoms with Crippen LogP contribution in [-0.2, 0) is 9.53 Å². The maximum Gasteiger partial charge on any atom is 0.228 e. The fraction of sp³-hybridized carbons (Fsp3) is 0.312. The van der Waals surface area contributed by atoms with Gasteiger partial charge in [-0.05, 0) is 49.2 Å². The summed E-state index contributed by atoms with van der Waals surface area (Å²) in [6.45, 7) is 1.27. The van der Waals surface area contributed by atoms with Crippen LogP contribution in [0.4, 0.5) is 17.3 Å². The van der Waals surface area contributed by atoms with Crippen LogP contribution in [-0.4, -0.2) is 29.3 Å². The van der Waals surface area contributed by atoms with Crippen LogP contribution < -0.4 is 10.6 Å². The maximum atomic E-state index is 12.1. The first kappa shape index (κ1) is 15.7. The van der Waals surface area contributed by atoms with E-state index in [1.807, 2.05) is 12.1 Å². The largest absolute Gasteiger partial charge is 0.381 e. The molecule has 6 nitrogen and oxygen atoms in total. The first-order chi connectivity index (χ1) is 11.2. The minimum atomic E-state index is -0.0268. The standard InChI is InChI=1S/C16H17ClN4O2/c17-12-1-3-13(4-2-12)18-14-5-6-15(21-20-14)19-16(22)11-7-9-23-10-8-11/h1-6,11H,7-10H2,(H,18,20)(H,19,21,22). The van der Waals surface area contributed by atoms with Crippen LogP contribution in [0.15, 0.2) is 36.4 Å². The SMILES string of the molecule is O=C(Nc1ccc(Nc2ccc(Cl)cc2)nn1)C1CCOCC1. The van der Waals surface area contributed by atoms with Crippen molar-refractivity contribution in [3.8, 4) is 0 Å². The fourth-order valence-electron chi connectivity index (χ4n) is 2.33. The van der Waals surface area contributed by atoms with E-state index in [0.717, 1.165) is 18.5 Å². The normalized spacial score (nSPS) is 15.2. The summed E-state index contributed by atoms with van der Waals surface area (Å²) in [7, 11) is 0. The second-order valence-electron chi connectivity index (χ2n) is 5.31. The third-order valence-electron chi connectivity index (χ3n) is 3.62. The van der Waals surface area contributed by atoms with E-state index in [9.17, 15) is 4.79 Å². The Labute approximate surface area is 139 Å². The molecule has 0 spiro atoms. The smallest absolute Gasteiger partial charge is 0.228 e. The van der Waals surface area contributed by atoms with E-state index < -0.39 is 0 Å². The molecule has 1 aliphatic rings. The lowest BCUT2D eigenvalue weighted by molar-refractivity contribution is -0.122. The van der Waals surface area contributed by atoms with E-state index in [1.54, 1.807) is 24.3 Å². The van der Waals surface area contributed by atoms with Gasteiger partial charge in [0, 0.05) is 29.8 Å². The van der Waals surface area contributed by atoms with E-state index in [4.69, 9.17) is 16.3 Å². The number of amides is 1. The highest BCUT2D eigenvalue weighted by atomic mass is 35.5. The predicted molar refractivity (Wildman–Crippen MR) is 88.9 cm³/mol. The van der Waals surface area contributed by atoms with E-state index in [2.05, 4.69) is 20.8 Å². The molecule has 1 fully saturated rings. The van der Waals surface area contributed by atoms with Gasteiger partial charge in [-0.3, -0.25) is 4.79 Å². The molecule has 2 aromatic rings. The van der Waals surface area contributed by atoms with Crippen molar-refractivity contribution in [2.45, 2.75) is 12.8 Å². The lowest BCUT2D eigenvalue weighted by Gasteiger charge is -2.20. The number of nitrogens with one attached hydrogen (secondary N) is 2. The van der Waals surface area contributed by atoms with Gasteiger partial charge in [-0.1, -0.05) is 11.6 Å². The van der Waals surface area contributed by atoms with Gasteiger partial charge in [0.25, 0.3) is 0 Å². The average Bonchev–Trinajstić information content (AvgIpc) is 2.59. The molecule has 0 aliphatic carbocycles. The summed E-state index contributed by atoms with van der Waals surface area (Å²) >= 11 is 5.84. The van der Waals surface area contributed by atoms with Gasteiger partial charge in [0.15, 0.2) is 11.6 Å². The summed E-state index contributed by atoms with van der Waals surface area (Å²) in [4.78, 5) is 12.1. The van der Waals surface area contributed by atoms with Gasteiger partial charge in [0.1, 0.15) is 0 Å². The van der Waals surface area contributed by atoms with Gasteiger partial charge in [-0.25, -0.2) is 0 Å². The molecule has 1 aromatic carbocycles. The molecule has 2 heterocycles. The predicted octanol–water partition coefficient (Wildman–Crippen LogP) is 3.24. The van der Waals surface area contributed by atoms with Crippen molar-refractivity contribution in [1.29, 1.82) is 0 Å². The molecule has 1 amide bonds. The highest BCUT2D eigenvalue weighted by Gasteiger charge is 2.21. The summed E-state index contributed by atoms with van der Waals surface area (Å²) in [6.07, 6.45) is 1.49. The third-order valence-corrected chi connectivity index (χ3v) is 3.88. The minimum Gasteiger partial charge on any atom is -0.381 e. The highest BCUT2D eigenvalue weighted by Crippen LogP contribution is 2.19. The Balaban J connectivity index is 1.58. The summed E-state index contributed by atoms with van der Waals surface area (Å²) in [5.41, 5.74) is 0.864. The topological polar surface area (TPSA) is 76.1 Å². The molecule has 1 aromatic heterocycles. The van der Waals surface area contributed by atoms with Gasteiger partial charge >= 0.3 is 0 Å². The molecule has 120 valence electrons. The van der Waals surface area contributed by atoms with Crippen molar-refractivity contribution in [3.05, 3.63) is 41.4 Å². The molecule has 23 heavy (non-hydrogen) atoms. The Bertz CT molecular complexity index is 655. The van der Waals surface area contributed by atoms with Crippen LogP contribution >= 0.6 is 11.6 Å². The average molecular weight is 333 g/mol. The zero-order valence-electron chi connectivity index (χ0n) is 12.5. The zero-order chi connectivity index (χ0) is 16.1. The number of carbonyl (C=O) groups is 1. The first-order valence-electron chi connectivity index (χ1n) is 7.45. The molecule has 0 atom stereocenters. The molecule has 0 unspecified atom stereocenters. The fourth-order valence-corrected chi connectivity index (χ4v) is 2.46. The van der Waals surface area contributed by atoms with Crippen molar-refractivity contribution >= 4 is 34.8 Å². The Morgan fingerprint density at radius 3 is 2.35 bits per heavy atom. The molecule has 1 aliphatic heterocycles. The number of nitrogens with zero attached hydrogens (tertiary/aromatic N) is 2. The van der Waals surface area contributed by atoms with E-state index >= 15 is 0 Å². The lowest BCUT2D eigenvalue weighted by atomic mass is 9.99. The Morgan fingerprint density at radius 1 is 1.04 bits per heavy atom. The van der Waals surface area contributed by atoms with Crippen LogP contribution in [0.2, 0.25) is 5.02 Å². The minimum absolute atomic E-state index is 0.0163. The second kappa shape index (κ2) is 7.39. The van der Waals surface area contributed by atoms with E-state index in [-0.39, 0.29) is 11.8 Å². The van der Waals surface area contributed by atoms with Gasteiger partial charge in [0.2, 0.25) is 5.91 Å².